The van der Waals surface area contributed by atoms with Gasteiger partial charge in [0.15, 0.2) is 0 Å². The number of carbonyl (C=O) groups is 1. The van der Waals surface area contributed by atoms with Gasteiger partial charge in [-0.05, 0) is 30.5 Å². The van der Waals surface area contributed by atoms with Gasteiger partial charge in [-0.3, -0.25) is 9.78 Å². The van der Waals surface area contributed by atoms with Crippen LogP contribution >= 0.6 is 0 Å². The molecule has 1 fully saturated rings. The van der Waals surface area contributed by atoms with Crippen LogP contribution in [0.15, 0.2) is 66.9 Å². The number of piperidine rings is 1. The Bertz CT molecular complexity index is 882. The van der Waals surface area contributed by atoms with E-state index in [9.17, 15) is 4.79 Å². The second-order valence-corrected chi connectivity index (χ2v) is 6.67. The lowest BCUT2D eigenvalue weighted by atomic mass is 10.0. The highest BCUT2D eigenvalue weighted by molar-refractivity contribution is 6.05. The molecule has 4 nitrogen and oxygen atoms in total. The lowest BCUT2D eigenvalue weighted by Crippen LogP contribution is -2.41. The highest BCUT2D eigenvalue weighted by Gasteiger charge is 2.25. The predicted molar refractivity (Wildman–Crippen MR) is 102 cm³/mol. The summed E-state index contributed by atoms with van der Waals surface area (Å²) < 4.78 is 6.02. The summed E-state index contributed by atoms with van der Waals surface area (Å²) in [5.74, 6) is 0.0656. The van der Waals surface area contributed by atoms with Crippen LogP contribution in [0.3, 0.4) is 0 Å². The van der Waals surface area contributed by atoms with Crippen molar-refractivity contribution in [2.75, 3.05) is 13.1 Å². The second kappa shape index (κ2) is 7.67. The number of ether oxygens (including phenoxy) is 1. The van der Waals surface area contributed by atoms with Gasteiger partial charge < -0.3 is 9.64 Å². The number of amides is 1. The number of benzene rings is 2. The van der Waals surface area contributed by atoms with Gasteiger partial charge in [0.2, 0.25) is 0 Å². The van der Waals surface area contributed by atoms with E-state index in [0.717, 1.165) is 36.8 Å². The summed E-state index contributed by atoms with van der Waals surface area (Å²) in [6.07, 6.45) is 3.70. The fourth-order valence-electron chi connectivity index (χ4n) is 3.46. The standard InChI is InChI=1S/C22H22N2O2/c25-22(20-10-4-8-18-9-5-13-23-21(18)20)24-14-11-19(12-15-24)26-16-17-6-2-1-3-7-17/h1-10,13,19H,11-12,14-16H2. The van der Waals surface area contributed by atoms with Crippen molar-refractivity contribution in [1.29, 1.82) is 0 Å². The third kappa shape index (κ3) is 3.60. The first-order valence-corrected chi connectivity index (χ1v) is 9.10. The number of pyridine rings is 1. The monoisotopic (exact) mass is 346 g/mol. The zero-order chi connectivity index (χ0) is 17.8. The first-order valence-electron chi connectivity index (χ1n) is 9.10. The molecule has 2 aromatic carbocycles. The van der Waals surface area contributed by atoms with E-state index in [0.29, 0.717) is 12.2 Å². The van der Waals surface area contributed by atoms with Gasteiger partial charge >= 0.3 is 0 Å². The molecule has 1 saturated heterocycles. The van der Waals surface area contributed by atoms with E-state index < -0.39 is 0 Å². The molecule has 132 valence electrons. The summed E-state index contributed by atoms with van der Waals surface area (Å²) in [7, 11) is 0. The summed E-state index contributed by atoms with van der Waals surface area (Å²) >= 11 is 0. The minimum absolute atomic E-state index is 0.0656. The van der Waals surface area contributed by atoms with Crippen LogP contribution in [0.5, 0.6) is 0 Å². The maximum absolute atomic E-state index is 12.9. The summed E-state index contributed by atoms with van der Waals surface area (Å²) in [4.78, 5) is 19.3. The molecule has 0 saturated carbocycles. The number of hydrogen-bond acceptors (Lipinski definition) is 3. The normalized spacial score (nSPS) is 15.3. The molecule has 4 rings (SSSR count). The van der Waals surface area contributed by atoms with Gasteiger partial charge in [-0.25, -0.2) is 0 Å². The van der Waals surface area contributed by atoms with Crippen molar-refractivity contribution in [3.8, 4) is 0 Å². The fourth-order valence-corrected chi connectivity index (χ4v) is 3.46. The Labute approximate surface area is 153 Å². The summed E-state index contributed by atoms with van der Waals surface area (Å²) in [5, 5.41) is 0.999. The average Bonchev–Trinajstić information content (AvgIpc) is 2.72. The Hall–Kier alpha value is -2.72. The summed E-state index contributed by atoms with van der Waals surface area (Å²) in [6.45, 7) is 2.08. The van der Waals surface area contributed by atoms with Crippen LogP contribution in [-0.2, 0) is 11.3 Å². The maximum Gasteiger partial charge on any atom is 0.256 e. The second-order valence-electron chi connectivity index (χ2n) is 6.67. The molecule has 3 aromatic rings. The first kappa shape index (κ1) is 16.7. The van der Waals surface area contributed by atoms with E-state index in [-0.39, 0.29) is 12.0 Å². The molecule has 1 amide bonds. The number of rotatable bonds is 4. The largest absolute Gasteiger partial charge is 0.373 e. The van der Waals surface area contributed by atoms with E-state index >= 15 is 0 Å². The smallest absolute Gasteiger partial charge is 0.256 e. The van der Waals surface area contributed by atoms with Crippen LogP contribution in [0.25, 0.3) is 10.9 Å². The van der Waals surface area contributed by atoms with Crippen molar-refractivity contribution in [2.24, 2.45) is 0 Å². The minimum Gasteiger partial charge on any atom is -0.373 e. The number of nitrogens with zero attached hydrogens (tertiary/aromatic N) is 2. The summed E-state index contributed by atoms with van der Waals surface area (Å²) in [5.41, 5.74) is 2.65. The van der Waals surface area contributed by atoms with Gasteiger partial charge in [-0.1, -0.05) is 48.5 Å². The lowest BCUT2D eigenvalue weighted by molar-refractivity contribution is -0.000338. The Morgan fingerprint density at radius 3 is 2.58 bits per heavy atom. The SMILES string of the molecule is O=C(c1cccc2cccnc12)N1CCC(OCc2ccccc2)CC1. The number of carbonyl (C=O) groups excluding carboxylic acids is 1. The third-order valence-electron chi connectivity index (χ3n) is 4.92. The van der Waals surface area contributed by atoms with Gasteiger partial charge in [0.1, 0.15) is 0 Å². The van der Waals surface area contributed by atoms with Crippen LogP contribution in [0.1, 0.15) is 28.8 Å². The van der Waals surface area contributed by atoms with E-state index in [1.165, 1.54) is 5.56 Å². The molecule has 0 unspecified atom stereocenters. The molecule has 0 N–H and O–H groups in total. The molecular formula is C22H22N2O2. The number of para-hydroxylation sites is 1. The number of likely N-dealkylation sites (tertiary alicyclic amines) is 1. The molecule has 4 heteroatoms. The predicted octanol–water partition coefficient (Wildman–Crippen LogP) is 4.06. The van der Waals surface area contributed by atoms with Gasteiger partial charge in [0, 0.05) is 24.7 Å². The number of aromatic nitrogens is 1. The molecule has 1 aromatic heterocycles. The Morgan fingerprint density at radius 1 is 1.00 bits per heavy atom. The topological polar surface area (TPSA) is 42.4 Å². The Kier molecular flexibility index (Phi) is 4.93. The van der Waals surface area contributed by atoms with Crippen LogP contribution < -0.4 is 0 Å². The van der Waals surface area contributed by atoms with Crippen molar-refractivity contribution in [1.82, 2.24) is 9.88 Å². The van der Waals surface area contributed by atoms with Gasteiger partial charge in [-0.15, -0.1) is 0 Å². The number of hydrogen-bond donors (Lipinski definition) is 0. The zero-order valence-corrected chi connectivity index (χ0v) is 14.7. The van der Waals surface area contributed by atoms with Crippen molar-refractivity contribution < 1.29 is 9.53 Å². The van der Waals surface area contributed by atoms with Gasteiger partial charge in [-0.2, -0.15) is 0 Å². The minimum atomic E-state index is 0.0656. The molecular weight excluding hydrogens is 324 g/mol. The molecule has 0 aliphatic carbocycles. The first-order chi connectivity index (χ1) is 12.8. The molecule has 2 heterocycles. The van der Waals surface area contributed by atoms with Crippen molar-refractivity contribution >= 4 is 16.8 Å². The van der Waals surface area contributed by atoms with Gasteiger partial charge in [0.25, 0.3) is 5.91 Å². The Morgan fingerprint density at radius 2 is 1.77 bits per heavy atom. The highest BCUT2D eigenvalue weighted by Crippen LogP contribution is 2.21. The van der Waals surface area contributed by atoms with Crippen LogP contribution in [0.4, 0.5) is 0 Å². The maximum atomic E-state index is 12.9. The summed E-state index contributed by atoms with van der Waals surface area (Å²) in [6, 6.07) is 19.9. The zero-order valence-electron chi connectivity index (χ0n) is 14.7. The van der Waals surface area contributed by atoms with Crippen LogP contribution in [0.2, 0.25) is 0 Å². The third-order valence-corrected chi connectivity index (χ3v) is 4.92. The van der Waals surface area contributed by atoms with Gasteiger partial charge in [0.05, 0.1) is 23.8 Å². The molecule has 26 heavy (non-hydrogen) atoms. The van der Waals surface area contributed by atoms with E-state index in [2.05, 4.69) is 17.1 Å². The van der Waals surface area contributed by atoms with Crippen LogP contribution in [0, 0.1) is 0 Å². The van der Waals surface area contributed by atoms with Crippen molar-refractivity contribution in [2.45, 2.75) is 25.6 Å². The Balaban J connectivity index is 1.37. The molecule has 0 spiro atoms. The highest BCUT2D eigenvalue weighted by atomic mass is 16.5. The quantitative estimate of drug-likeness (QED) is 0.715. The molecule has 1 aliphatic rings. The lowest BCUT2D eigenvalue weighted by Gasteiger charge is -2.32. The average molecular weight is 346 g/mol. The van der Waals surface area contributed by atoms with Crippen molar-refractivity contribution in [3.05, 3.63) is 78.0 Å². The van der Waals surface area contributed by atoms with Crippen molar-refractivity contribution in [3.63, 3.8) is 0 Å². The molecule has 0 atom stereocenters. The van der Waals surface area contributed by atoms with Crippen LogP contribution in [-0.4, -0.2) is 35.0 Å². The van der Waals surface area contributed by atoms with E-state index in [1.54, 1.807) is 6.20 Å². The molecule has 0 radical (unpaired) electrons. The number of fused-ring (bicyclic) bond motifs is 1. The van der Waals surface area contributed by atoms with E-state index in [1.807, 2.05) is 53.4 Å². The van der Waals surface area contributed by atoms with E-state index in [4.69, 9.17) is 4.74 Å². The fraction of sp³-hybridized carbons (Fsp3) is 0.273. The molecule has 0 bridgehead atoms. The molecule has 1 aliphatic heterocycles.